The summed E-state index contributed by atoms with van der Waals surface area (Å²) < 4.78 is 6.59. The molecule has 10 aromatic carbocycles. The van der Waals surface area contributed by atoms with Crippen LogP contribution in [0.2, 0.25) is 0 Å². The van der Waals surface area contributed by atoms with E-state index in [9.17, 15) is 0 Å². The van der Waals surface area contributed by atoms with Crippen molar-refractivity contribution in [1.29, 1.82) is 0 Å². The van der Waals surface area contributed by atoms with E-state index in [0.717, 1.165) is 61.1 Å². The van der Waals surface area contributed by atoms with E-state index in [-0.39, 0.29) is 0 Å². The van der Waals surface area contributed by atoms with Crippen molar-refractivity contribution in [2.24, 2.45) is 0 Å². The molecule has 1 aromatic heterocycles. The molecule has 11 aromatic rings. The predicted molar refractivity (Wildman–Crippen MR) is 253 cm³/mol. The minimum Gasteiger partial charge on any atom is -0.455 e. The van der Waals surface area contributed by atoms with Gasteiger partial charge in [0.2, 0.25) is 0 Å². The summed E-state index contributed by atoms with van der Waals surface area (Å²) in [5.41, 5.74) is 16.9. The fraction of sp³-hybridized carbons (Fsp3) is 0. The van der Waals surface area contributed by atoms with Gasteiger partial charge in [-0.25, -0.2) is 0 Å². The van der Waals surface area contributed by atoms with E-state index in [0.29, 0.717) is 0 Å². The first-order chi connectivity index (χ1) is 29.7. The SMILES string of the molecule is c1ccc(-c2ccc(N(c3ccc(-c4ccc(-c5ccccc5)c(-c5ccccc5)c4)cc3)c3cccc(-c4cccc5oc6c7ccccc7ccc6c45)c3)cc2)cc1. The normalized spacial score (nSPS) is 11.3. The molecule has 11 rings (SSSR count). The van der Waals surface area contributed by atoms with E-state index in [1.54, 1.807) is 0 Å². The van der Waals surface area contributed by atoms with Crippen molar-refractivity contribution in [3.63, 3.8) is 0 Å². The summed E-state index contributed by atoms with van der Waals surface area (Å²) in [7, 11) is 0. The number of fused-ring (bicyclic) bond motifs is 5. The average Bonchev–Trinajstić information content (AvgIpc) is 3.73. The quantitative estimate of drug-likeness (QED) is 0.153. The zero-order valence-electron chi connectivity index (χ0n) is 32.9. The summed E-state index contributed by atoms with van der Waals surface area (Å²) in [6.45, 7) is 0. The molecule has 60 heavy (non-hydrogen) atoms. The first kappa shape index (κ1) is 35.2. The molecule has 0 atom stereocenters. The highest BCUT2D eigenvalue weighted by molar-refractivity contribution is 6.19. The van der Waals surface area contributed by atoms with Gasteiger partial charge < -0.3 is 9.32 Å². The third-order valence-electron chi connectivity index (χ3n) is 11.7. The Labute approximate surface area is 349 Å². The Morgan fingerprint density at radius 2 is 0.833 bits per heavy atom. The van der Waals surface area contributed by atoms with Gasteiger partial charge in [-0.05, 0) is 116 Å². The Hall–Kier alpha value is -7.94. The number of anilines is 3. The molecule has 0 spiro atoms. The molecule has 0 aliphatic rings. The van der Waals surface area contributed by atoms with E-state index >= 15 is 0 Å². The zero-order valence-corrected chi connectivity index (χ0v) is 32.9. The maximum atomic E-state index is 6.59. The van der Waals surface area contributed by atoms with Gasteiger partial charge in [0.25, 0.3) is 0 Å². The second-order valence-electron chi connectivity index (χ2n) is 15.3. The number of nitrogens with zero attached hydrogens (tertiary/aromatic N) is 1. The zero-order chi connectivity index (χ0) is 39.8. The van der Waals surface area contributed by atoms with Crippen molar-refractivity contribution >= 4 is 49.8 Å². The second kappa shape index (κ2) is 15.1. The van der Waals surface area contributed by atoms with Gasteiger partial charge in [-0.15, -0.1) is 0 Å². The fourth-order valence-electron chi connectivity index (χ4n) is 8.74. The number of rotatable bonds is 8. The smallest absolute Gasteiger partial charge is 0.143 e. The minimum absolute atomic E-state index is 0.889. The van der Waals surface area contributed by atoms with Gasteiger partial charge in [0, 0.05) is 33.2 Å². The van der Waals surface area contributed by atoms with Crippen molar-refractivity contribution in [1.82, 2.24) is 0 Å². The Kier molecular flexibility index (Phi) is 8.87. The summed E-state index contributed by atoms with van der Waals surface area (Å²) in [5, 5.41) is 4.56. The first-order valence-corrected chi connectivity index (χ1v) is 20.5. The molecule has 0 aliphatic carbocycles. The number of hydrogen-bond acceptors (Lipinski definition) is 2. The van der Waals surface area contributed by atoms with E-state index in [2.05, 4.69) is 241 Å². The van der Waals surface area contributed by atoms with Gasteiger partial charge in [0.1, 0.15) is 11.2 Å². The summed E-state index contributed by atoms with van der Waals surface area (Å²) in [6, 6.07) is 84.8. The van der Waals surface area contributed by atoms with E-state index in [1.165, 1.54) is 44.3 Å². The van der Waals surface area contributed by atoms with E-state index < -0.39 is 0 Å². The standard InChI is InChI=1S/C58H39NO/c1-4-14-40(15-5-1)41-26-32-48(33-27-41)59(49-34-28-42(29-35-49)46-31-36-51(43-16-6-2-7-17-43)55(39-46)44-18-8-3-9-19-44)50-22-12-21-47(38-50)52-24-13-25-56-57(52)54-37-30-45-20-10-11-23-53(45)58(54)60-56/h1-39H. The maximum absolute atomic E-state index is 6.59. The van der Waals surface area contributed by atoms with Gasteiger partial charge in [0.15, 0.2) is 0 Å². The Morgan fingerprint density at radius 1 is 0.283 bits per heavy atom. The molecule has 0 amide bonds. The number of furan rings is 1. The topological polar surface area (TPSA) is 16.4 Å². The molecule has 0 fully saturated rings. The van der Waals surface area contributed by atoms with Gasteiger partial charge in [-0.2, -0.15) is 0 Å². The van der Waals surface area contributed by atoms with Crippen LogP contribution in [-0.4, -0.2) is 0 Å². The van der Waals surface area contributed by atoms with Crippen molar-refractivity contribution in [3.8, 4) is 55.6 Å². The Morgan fingerprint density at radius 3 is 1.53 bits per heavy atom. The Balaban J connectivity index is 1.02. The number of hydrogen-bond donors (Lipinski definition) is 0. The summed E-state index contributed by atoms with van der Waals surface area (Å²) >= 11 is 0. The highest BCUT2D eigenvalue weighted by Crippen LogP contribution is 2.43. The maximum Gasteiger partial charge on any atom is 0.143 e. The molecule has 2 heteroatoms. The highest BCUT2D eigenvalue weighted by atomic mass is 16.3. The van der Waals surface area contributed by atoms with E-state index in [4.69, 9.17) is 4.42 Å². The molecule has 0 aliphatic heterocycles. The molecule has 0 N–H and O–H groups in total. The monoisotopic (exact) mass is 765 g/mol. The van der Waals surface area contributed by atoms with Gasteiger partial charge >= 0.3 is 0 Å². The van der Waals surface area contributed by atoms with Gasteiger partial charge in [-0.1, -0.05) is 182 Å². The molecule has 1 heterocycles. The van der Waals surface area contributed by atoms with Crippen LogP contribution in [0.3, 0.4) is 0 Å². The minimum atomic E-state index is 0.889. The predicted octanol–water partition coefficient (Wildman–Crippen LogP) is 16.5. The molecule has 0 bridgehead atoms. The van der Waals surface area contributed by atoms with Crippen LogP contribution in [0.5, 0.6) is 0 Å². The van der Waals surface area contributed by atoms with Crippen LogP contribution in [0.4, 0.5) is 17.1 Å². The molecule has 0 saturated carbocycles. The molecule has 0 radical (unpaired) electrons. The molecule has 282 valence electrons. The van der Waals surface area contributed by atoms with Crippen molar-refractivity contribution in [3.05, 3.63) is 237 Å². The van der Waals surface area contributed by atoms with Crippen molar-refractivity contribution in [2.75, 3.05) is 4.90 Å². The van der Waals surface area contributed by atoms with Crippen LogP contribution >= 0.6 is 0 Å². The third-order valence-corrected chi connectivity index (χ3v) is 11.7. The largest absolute Gasteiger partial charge is 0.455 e. The van der Waals surface area contributed by atoms with Crippen molar-refractivity contribution < 1.29 is 4.42 Å². The lowest BCUT2D eigenvalue weighted by molar-refractivity contribution is 0.673. The highest BCUT2D eigenvalue weighted by Gasteiger charge is 2.18. The summed E-state index contributed by atoms with van der Waals surface area (Å²) in [4.78, 5) is 2.36. The van der Waals surface area contributed by atoms with Crippen LogP contribution in [0.15, 0.2) is 241 Å². The second-order valence-corrected chi connectivity index (χ2v) is 15.3. The fourth-order valence-corrected chi connectivity index (χ4v) is 8.74. The first-order valence-electron chi connectivity index (χ1n) is 20.5. The van der Waals surface area contributed by atoms with Gasteiger partial charge in [-0.3, -0.25) is 0 Å². The molecular formula is C58H39NO. The van der Waals surface area contributed by atoms with Crippen LogP contribution in [0.1, 0.15) is 0 Å². The third kappa shape index (κ3) is 6.41. The molecule has 2 nitrogen and oxygen atoms in total. The Bertz CT molecular complexity index is 3280. The molecule has 0 unspecified atom stereocenters. The average molecular weight is 766 g/mol. The molecule has 0 saturated heterocycles. The van der Waals surface area contributed by atoms with Gasteiger partial charge in [0.05, 0.1) is 0 Å². The van der Waals surface area contributed by atoms with Crippen LogP contribution in [0.25, 0.3) is 88.3 Å². The molecular weight excluding hydrogens is 727 g/mol. The lowest BCUT2D eigenvalue weighted by Gasteiger charge is -2.26. The summed E-state index contributed by atoms with van der Waals surface area (Å²) in [6.07, 6.45) is 0. The van der Waals surface area contributed by atoms with E-state index in [1.807, 2.05) is 0 Å². The lowest BCUT2D eigenvalue weighted by Crippen LogP contribution is -2.10. The van der Waals surface area contributed by atoms with Crippen molar-refractivity contribution in [2.45, 2.75) is 0 Å². The number of benzene rings is 10. The van der Waals surface area contributed by atoms with Crippen LogP contribution < -0.4 is 4.90 Å². The summed E-state index contributed by atoms with van der Waals surface area (Å²) in [5.74, 6) is 0. The van der Waals surface area contributed by atoms with Crippen LogP contribution in [0, 0.1) is 0 Å². The van der Waals surface area contributed by atoms with Crippen LogP contribution in [-0.2, 0) is 0 Å². The lowest BCUT2D eigenvalue weighted by atomic mass is 9.91.